The third kappa shape index (κ3) is 8.16. The van der Waals surface area contributed by atoms with Crippen molar-refractivity contribution in [3.05, 3.63) is 12.2 Å². The Morgan fingerprint density at radius 2 is 1.68 bits per heavy atom. The molecule has 0 aromatic carbocycles. The van der Waals surface area contributed by atoms with Crippen molar-refractivity contribution in [3.63, 3.8) is 0 Å². The van der Waals surface area contributed by atoms with Crippen molar-refractivity contribution >= 4 is 0 Å². The molecule has 164 valence electrons. The molecular weight excluding hydrogens is 348 g/mol. The van der Waals surface area contributed by atoms with Gasteiger partial charge in [0.25, 0.3) is 0 Å². The predicted octanol–water partition coefficient (Wildman–Crippen LogP) is 6.29. The maximum atomic E-state index is 9.36. The summed E-state index contributed by atoms with van der Waals surface area (Å²) >= 11 is 0. The average Bonchev–Trinajstić information content (AvgIpc) is 3.28. The number of aliphatic hydroxyl groups is 1. The Hall–Kier alpha value is -0.380. The Balaban J connectivity index is 1.60. The molecule has 28 heavy (non-hydrogen) atoms. The zero-order valence-corrected chi connectivity index (χ0v) is 18.8. The maximum absolute atomic E-state index is 9.36. The van der Waals surface area contributed by atoms with Gasteiger partial charge in [-0.2, -0.15) is 0 Å². The highest BCUT2D eigenvalue weighted by molar-refractivity contribution is 4.99. The zero-order valence-electron chi connectivity index (χ0n) is 18.8. The van der Waals surface area contributed by atoms with Crippen LogP contribution in [-0.4, -0.2) is 37.1 Å². The van der Waals surface area contributed by atoms with Crippen LogP contribution >= 0.6 is 0 Å². The number of fused-ring (bicyclic) bond motifs is 2. The Morgan fingerprint density at radius 3 is 2.39 bits per heavy atom. The van der Waals surface area contributed by atoms with Crippen molar-refractivity contribution in [2.24, 2.45) is 17.3 Å². The van der Waals surface area contributed by atoms with E-state index in [-0.39, 0.29) is 12.0 Å². The lowest BCUT2D eigenvalue weighted by molar-refractivity contribution is 0.0855. The van der Waals surface area contributed by atoms with Gasteiger partial charge in [-0.25, -0.2) is 0 Å². The third-order valence-corrected chi connectivity index (χ3v) is 6.80. The van der Waals surface area contributed by atoms with E-state index in [2.05, 4.69) is 32.9 Å². The van der Waals surface area contributed by atoms with Crippen LogP contribution in [-0.2, 0) is 9.47 Å². The highest BCUT2D eigenvalue weighted by Gasteiger charge is 2.47. The second kappa shape index (κ2) is 13.0. The van der Waals surface area contributed by atoms with E-state index < -0.39 is 0 Å². The quantitative estimate of drug-likeness (QED) is 0.247. The van der Waals surface area contributed by atoms with Crippen LogP contribution in [0.5, 0.6) is 0 Å². The summed E-state index contributed by atoms with van der Waals surface area (Å²) in [5, 5.41) is 9.36. The molecule has 0 aliphatic carbocycles. The zero-order chi connectivity index (χ0) is 20.2. The first-order chi connectivity index (χ1) is 13.6. The molecule has 2 aliphatic heterocycles. The lowest BCUT2D eigenvalue weighted by Crippen LogP contribution is -2.26. The minimum Gasteiger partial charge on any atom is -0.396 e. The molecule has 0 aromatic rings. The standard InChI is InChI=1S/C25H46O3/c1-4-5-6-11-18-27-19-12-9-14-22-21(23-15-16-24(22)28-23)13-8-7-10-17-25(2,3)20-26/h7-8,21-24,26H,4-6,9-20H2,1-3H3/t21-,22+,23-,24+/m1/s1. The first-order valence-electron chi connectivity index (χ1n) is 12.1. The molecule has 0 aromatic heterocycles. The van der Waals surface area contributed by atoms with Gasteiger partial charge in [-0.05, 0) is 68.6 Å². The van der Waals surface area contributed by atoms with Crippen LogP contribution in [0, 0.1) is 17.3 Å². The molecule has 2 bridgehead atoms. The van der Waals surface area contributed by atoms with Crippen molar-refractivity contribution in [2.75, 3.05) is 19.8 Å². The topological polar surface area (TPSA) is 38.7 Å². The third-order valence-electron chi connectivity index (χ3n) is 6.80. The summed E-state index contributed by atoms with van der Waals surface area (Å²) in [6, 6.07) is 0. The maximum Gasteiger partial charge on any atom is 0.0614 e. The monoisotopic (exact) mass is 394 g/mol. The molecule has 2 heterocycles. The predicted molar refractivity (Wildman–Crippen MR) is 118 cm³/mol. The van der Waals surface area contributed by atoms with Crippen molar-refractivity contribution in [1.82, 2.24) is 0 Å². The van der Waals surface area contributed by atoms with Crippen molar-refractivity contribution in [2.45, 2.75) is 110 Å². The van der Waals surface area contributed by atoms with Crippen LogP contribution in [0.1, 0.15) is 97.8 Å². The first kappa shape index (κ1) is 23.9. The highest BCUT2D eigenvalue weighted by atomic mass is 16.5. The number of hydrogen-bond acceptors (Lipinski definition) is 3. The summed E-state index contributed by atoms with van der Waals surface area (Å²) in [4.78, 5) is 0. The Morgan fingerprint density at radius 1 is 0.964 bits per heavy atom. The van der Waals surface area contributed by atoms with Gasteiger partial charge in [0.05, 0.1) is 12.2 Å². The number of rotatable bonds is 16. The van der Waals surface area contributed by atoms with Crippen LogP contribution in [0.3, 0.4) is 0 Å². The second-order valence-electron chi connectivity index (χ2n) is 9.85. The summed E-state index contributed by atoms with van der Waals surface area (Å²) < 4.78 is 12.1. The van der Waals surface area contributed by atoms with Gasteiger partial charge >= 0.3 is 0 Å². The number of unbranched alkanes of at least 4 members (excludes halogenated alkanes) is 4. The minimum absolute atomic E-state index is 0.0421. The molecule has 4 atom stereocenters. The van der Waals surface area contributed by atoms with Crippen LogP contribution < -0.4 is 0 Å². The SMILES string of the molecule is CCCCCCOCCCC[C@H]1[C@@H](CC=CCCC(C)(C)CO)[C@H]2CC[C@@H]1O2. The molecule has 0 saturated carbocycles. The van der Waals surface area contributed by atoms with E-state index in [4.69, 9.17) is 9.47 Å². The molecule has 0 radical (unpaired) electrons. The second-order valence-corrected chi connectivity index (χ2v) is 9.85. The first-order valence-corrected chi connectivity index (χ1v) is 12.1. The van der Waals surface area contributed by atoms with Gasteiger partial charge in [-0.15, -0.1) is 0 Å². The molecule has 2 aliphatic rings. The van der Waals surface area contributed by atoms with Crippen molar-refractivity contribution in [1.29, 1.82) is 0 Å². The van der Waals surface area contributed by atoms with Gasteiger partial charge in [0.15, 0.2) is 0 Å². The molecule has 3 nitrogen and oxygen atoms in total. The van der Waals surface area contributed by atoms with Gasteiger partial charge in [0, 0.05) is 19.8 Å². The van der Waals surface area contributed by atoms with Gasteiger partial charge in [0.2, 0.25) is 0 Å². The molecule has 2 fully saturated rings. The van der Waals surface area contributed by atoms with E-state index in [9.17, 15) is 5.11 Å². The van der Waals surface area contributed by atoms with Crippen molar-refractivity contribution < 1.29 is 14.6 Å². The summed E-state index contributed by atoms with van der Waals surface area (Å²) in [5.41, 5.74) is 0.0421. The van der Waals surface area contributed by atoms with E-state index in [1.54, 1.807) is 0 Å². The van der Waals surface area contributed by atoms with E-state index in [0.29, 0.717) is 12.2 Å². The Bertz CT molecular complexity index is 432. The fourth-order valence-electron chi connectivity index (χ4n) is 4.84. The molecular formula is C25H46O3. The lowest BCUT2D eigenvalue weighted by Gasteiger charge is -2.27. The normalized spacial score (nSPS) is 27.3. The number of allylic oxidation sites excluding steroid dienone is 2. The van der Waals surface area contributed by atoms with Crippen molar-refractivity contribution in [3.8, 4) is 0 Å². The molecule has 0 amide bonds. The summed E-state index contributed by atoms with van der Waals surface area (Å²) in [5.74, 6) is 1.47. The Kier molecular flexibility index (Phi) is 11.1. The molecule has 0 spiro atoms. The summed E-state index contributed by atoms with van der Waals surface area (Å²) in [6.07, 6.45) is 20.5. The van der Waals surface area contributed by atoms with Crippen LogP contribution in [0.4, 0.5) is 0 Å². The number of ether oxygens (including phenoxy) is 2. The van der Waals surface area contributed by atoms with Gasteiger partial charge in [-0.3, -0.25) is 0 Å². The molecule has 3 heteroatoms. The van der Waals surface area contributed by atoms with Gasteiger partial charge < -0.3 is 14.6 Å². The van der Waals surface area contributed by atoms with Crippen LogP contribution in [0.25, 0.3) is 0 Å². The van der Waals surface area contributed by atoms with Gasteiger partial charge in [0.1, 0.15) is 0 Å². The van der Waals surface area contributed by atoms with E-state index >= 15 is 0 Å². The van der Waals surface area contributed by atoms with E-state index in [0.717, 1.165) is 37.9 Å². The number of hydrogen-bond donors (Lipinski definition) is 1. The van der Waals surface area contributed by atoms with E-state index in [1.165, 1.54) is 64.2 Å². The molecule has 2 saturated heterocycles. The summed E-state index contributed by atoms with van der Waals surface area (Å²) in [6.45, 7) is 8.66. The molecule has 2 rings (SSSR count). The lowest BCUT2D eigenvalue weighted by atomic mass is 9.75. The largest absolute Gasteiger partial charge is 0.396 e. The fourth-order valence-corrected chi connectivity index (χ4v) is 4.84. The van der Waals surface area contributed by atoms with Gasteiger partial charge in [-0.1, -0.05) is 58.6 Å². The Labute approximate surface area is 174 Å². The average molecular weight is 395 g/mol. The fraction of sp³-hybridized carbons (Fsp3) is 0.920. The van der Waals surface area contributed by atoms with Crippen LogP contribution in [0.2, 0.25) is 0 Å². The minimum atomic E-state index is 0.0421. The molecule has 0 unspecified atom stereocenters. The van der Waals surface area contributed by atoms with E-state index in [1.807, 2.05) is 0 Å². The smallest absolute Gasteiger partial charge is 0.0614 e. The molecule has 1 N–H and O–H groups in total. The van der Waals surface area contributed by atoms with Crippen LogP contribution in [0.15, 0.2) is 12.2 Å². The number of aliphatic hydroxyl groups excluding tert-OH is 1. The highest BCUT2D eigenvalue weighted by Crippen LogP contribution is 2.47. The summed E-state index contributed by atoms with van der Waals surface area (Å²) in [7, 11) is 0.